The fourth-order valence-electron chi connectivity index (χ4n) is 4.93. The number of nitrogens with one attached hydrogen (secondary N) is 2. The Labute approximate surface area is 234 Å². The predicted octanol–water partition coefficient (Wildman–Crippen LogP) is 6.37. The lowest BCUT2D eigenvalue weighted by atomic mass is 10.0. The van der Waals surface area contributed by atoms with E-state index in [2.05, 4.69) is 15.6 Å². The van der Waals surface area contributed by atoms with Crippen molar-refractivity contribution in [2.75, 3.05) is 11.9 Å². The third-order valence-electron chi connectivity index (χ3n) is 7.03. The van der Waals surface area contributed by atoms with Crippen molar-refractivity contribution in [3.8, 4) is 11.1 Å². The summed E-state index contributed by atoms with van der Waals surface area (Å²) in [6, 6.07) is 17.6. The van der Waals surface area contributed by atoms with Crippen LogP contribution in [0.5, 0.6) is 0 Å². The first kappa shape index (κ1) is 28.0. The molecule has 41 heavy (non-hydrogen) atoms. The maximum absolute atomic E-state index is 14.9. The number of amidine groups is 1. The van der Waals surface area contributed by atoms with Crippen LogP contribution in [0.15, 0.2) is 83.9 Å². The van der Waals surface area contributed by atoms with Gasteiger partial charge in [0.2, 0.25) is 0 Å². The van der Waals surface area contributed by atoms with Crippen LogP contribution in [0.2, 0.25) is 0 Å². The molecule has 1 amide bonds. The fraction of sp³-hybridized carbons (Fsp3) is 0.188. The fourth-order valence-corrected chi connectivity index (χ4v) is 4.93. The van der Waals surface area contributed by atoms with Crippen molar-refractivity contribution in [3.63, 3.8) is 0 Å². The van der Waals surface area contributed by atoms with Crippen molar-refractivity contribution in [1.82, 2.24) is 5.32 Å². The van der Waals surface area contributed by atoms with Gasteiger partial charge in [-0.2, -0.15) is 0 Å². The molecule has 0 saturated heterocycles. The largest absolute Gasteiger partial charge is 0.390 e. The predicted molar refractivity (Wildman–Crippen MR) is 150 cm³/mol. The lowest BCUT2D eigenvalue weighted by molar-refractivity contribution is 0.0854. The molecule has 0 bridgehead atoms. The van der Waals surface area contributed by atoms with Gasteiger partial charge in [0.15, 0.2) is 0 Å². The Bertz CT molecular complexity index is 1620. The van der Waals surface area contributed by atoms with Crippen molar-refractivity contribution in [2.24, 2.45) is 4.99 Å². The molecule has 2 atom stereocenters. The number of rotatable bonds is 7. The molecule has 0 radical (unpaired) electrons. The number of halogens is 4. The molecule has 0 aromatic heterocycles. The van der Waals surface area contributed by atoms with Gasteiger partial charge in [0, 0.05) is 30.3 Å². The maximum atomic E-state index is 14.9. The summed E-state index contributed by atoms with van der Waals surface area (Å²) in [7, 11) is 0. The van der Waals surface area contributed by atoms with Gasteiger partial charge >= 0.3 is 0 Å². The topological polar surface area (TPSA) is 73.7 Å². The molecular formula is C32H27F4N3O2. The zero-order valence-corrected chi connectivity index (χ0v) is 22.1. The summed E-state index contributed by atoms with van der Waals surface area (Å²) in [6.07, 6.45) is 0.0572. The summed E-state index contributed by atoms with van der Waals surface area (Å²) < 4.78 is 55.4. The molecule has 0 fully saturated rings. The number of aliphatic imine (C=N–C) groups is 1. The summed E-state index contributed by atoms with van der Waals surface area (Å²) in [5, 5.41) is 16.6. The molecular weight excluding hydrogens is 534 g/mol. The van der Waals surface area contributed by atoms with Gasteiger partial charge in [0.1, 0.15) is 23.3 Å². The van der Waals surface area contributed by atoms with E-state index in [9.17, 15) is 27.5 Å². The third kappa shape index (κ3) is 6.47. The highest BCUT2D eigenvalue weighted by molar-refractivity contribution is 5.96. The summed E-state index contributed by atoms with van der Waals surface area (Å²) in [5.41, 5.74) is 3.12. The minimum absolute atomic E-state index is 0.00622. The van der Waals surface area contributed by atoms with Gasteiger partial charge in [-0.05, 0) is 84.1 Å². The van der Waals surface area contributed by atoms with E-state index in [1.807, 2.05) is 25.1 Å². The highest BCUT2D eigenvalue weighted by atomic mass is 19.1. The van der Waals surface area contributed by atoms with E-state index >= 15 is 0 Å². The Morgan fingerprint density at radius 2 is 1.66 bits per heavy atom. The number of amides is 1. The lowest BCUT2D eigenvalue weighted by Gasteiger charge is -2.19. The molecule has 1 aliphatic rings. The van der Waals surface area contributed by atoms with Crippen LogP contribution in [-0.4, -0.2) is 29.5 Å². The Morgan fingerprint density at radius 1 is 0.902 bits per heavy atom. The quantitative estimate of drug-likeness (QED) is 0.140. The first-order chi connectivity index (χ1) is 19.7. The van der Waals surface area contributed by atoms with Gasteiger partial charge in [-0.1, -0.05) is 24.3 Å². The zero-order chi connectivity index (χ0) is 29.1. The van der Waals surface area contributed by atoms with Gasteiger partial charge in [0.05, 0.1) is 23.5 Å². The summed E-state index contributed by atoms with van der Waals surface area (Å²) in [5.74, 6) is -2.83. The van der Waals surface area contributed by atoms with Gasteiger partial charge in [0.25, 0.3) is 5.91 Å². The van der Waals surface area contributed by atoms with Crippen molar-refractivity contribution < 1.29 is 27.5 Å². The summed E-state index contributed by atoms with van der Waals surface area (Å²) >= 11 is 0. The van der Waals surface area contributed by atoms with Crippen molar-refractivity contribution in [3.05, 3.63) is 124 Å². The Kier molecular flexibility index (Phi) is 8.16. The number of aliphatic hydroxyl groups excluding tert-OH is 1. The van der Waals surface area contributed by atoms with Crippen LogP contribution >= 0.6 is 0 Å². The number of carbonyl (C=O) groups is 1. The van der Waals surface area contributed by atoms with Crippen LogP contribution in [0.4, 0.5) is 23.2 Å². The smallest absolute Gasteiger partial charge is 0.254 e. The second-order valence-electron chi connectivity index (χ2n) is 9.92. The number of aliphatic hydroxyl groups is 1. The van der Waals surface area contributed by atoms with Gasteiger partial charge in [-0.3, -0.25) is 9.79 Å². The van der Waals surface area contributed by atoms with E-state index in [-0.39, 0.29) is 22.5 Å². The van der Waals surface area contributed by atoms with E-state index in [1.165, 1.54) is 30.3 Å². The van der Waals surface area contributed by atoms with Crippen LogP contribution in [0.1, 0.15) is 40.0 Å². The third-order valence-corrected chi connectivity index (χ3v) is 7.03. The van der Waals surface area contributed by atoms with E-state index in [4.69, 9.17) is 0 Å². The van der Waals surface area contributed by atoms with Crippen molar-refractivity contribution in [1.29, 1.82) is 0 Å². The first-order valence-corrected chi connectivity index (χ1v) is 13.1. The molecule has 5 rings (SSSR count). The van der Waals surface area contributed by atoms with E-state index in [0.29, 0.717) is 42.5 Å². The van der Waals surface area contributed by atoms with E-state index in [0.717, 1.165) is 23.3 Å². The second kappa shape index (κ2) is 11.9. The maximum Gasteiger partial charge on any atom is 0.254 e. The minimum atomic E-state index is -0.912. The van der Waals surface area contributed by atoms with E-state index < -0.39 is 35.5 Å². The van der Waals surface area contributed by atoms with Crippen LogP contribution in [0, 0.1) is 23.3 Å². The van der Waals surface area contributed by atoms with E-state index in [1.54, 1.807) is 12.1 Å². The molecule has 210 valence electrons. The number of hydrogen-bond acceptors (Lipinski definition) is 3. The molecule has 5 nitrogen and oxygen atoms in total. The number of benzene rings is 4. The average molecular weight is 562 g/mol. The highest BCUT2D eigenvalue weighted by Gasteiger charge is 2.33. The number of fused-ring (bicyclic) bond motifs is 1. The Morgan fingerprint density at radius 3 is 2.39 bits per heavy atom. The molecule has 9 heteroatoms. The Balaban J connectivity index is 1.27. The Hall–Kier alpha value is -4.50. The van der Waals surface area contributed by atoms with Gasteiger partial charge < -0.3 is 15.7 Å². The molecule has 0 saturated carbocycles. The average Bonchev–Trinajstić information content (AvgIpc) is 3.23. The molecule has 0 spiro atoms. The number of hydrogen-bond donors (Lipinski definition) is 3. The lowest BCUT2D eigenvalue weighted by Crippen LogP contribution is -2.34. The van der Waals surface area contributed by atoms with Crippen molar-refractivity contribution in [2.45, 2.75) is 31.9 Å². The normalized spacial score (nSPS) is 16.4. The molecule has 0 unspecified atom stereocenters. The highest BCUT2D eigenvalue weighted by Crippen LogP contribution is 2.34. The van der Waals surface area contributed by atoms with Crippen LogP contribution in [0.25, 0.3) is 11.1 Å². The van der Waals surface area contributed by atoms with Gasteiger partial charge in [-0.15, -0.1) is 0 Å². The number of anilines is 1. The first-order valence-electron chi connectivity index (χ1n) is 13.1. The molecule has 1 aliphatic carbocycles. The molecule has 0 aliphatic heterocycles. The molecule has 4 aromatic carbocycles. The summed E-state index contributed by atoms with van der Waals surface area (Å²) in [4.78, 5) is 17.5. The second-order valence-corrected chi connectivity index (χ2v) is 9.92. The van der Waals surface area contributed by atoms with Crippen LogP contribution in [0.3, 0.4) is 0 Å². The van der Waals surface area contributed by atoms with Gasteiger partial charge in [-0.25, -0.2) is 17.6 Å². The molecule has 4 aromatic rings. The molecule has 3 N–H and O–H groups in total. The SMILES string of the molecule is CC(=NCCc1ccc(F)cc1)Nc1ccc2c(c1)[C@@H](NC(=O)c1ccc(-c3ccc(F)cc3F)cc1F)[C@H](O)C2. The standard InChI is InChI=1S/C32H27F4N3O2/c1-18(37-13-12-19-2-6-22(33)7-3-19)38-24-9-4-21-15-30(40)31(27(21)17-24)39-32(41)26-10-5-20(14-28(26)35)25-11-8-23(34)16-29(25)36/h2-11,14,16-17,30-31,40H,12-13,15H2,1H3,(H,37,38)(H,39,41)/t30-,31-/m1/s1. The molecule has 0 heterocycles. The van der Waals surface area contributed by atoms with Crippen LogP contribution in [-0.2, 0) is 12.8 Å². The monoisotopic (exact) mass is 561 g/mol. The number of carbonyl (C=O) groups excluding carboxylic acids is 1. The minimum Gasteiger partial charge on any atom is -0.390 e. The number of nitrogens with zero attached hydrogens (tertiary/aromatic N) is 1. The summed E-state index contributed by atoms with van der Waals surface area (Å²) in [6.45, 7) is 2.32. The zero-order valence-electron chi connectivity index (χ0n) is 22.1. The van der Waals surface area contributed by atoms with Crippen molar-refractivity contribution >= 4 is 17.4 Å². The van der Waals surface area contributed by atoms with Crippen LogP contribution < -0.4 is 10.6 Å².